The lowest BCUT2D eigenvalue weighted by Crippen LogP contribution is -2.25. The van der Waals surface area contributed by atoms with Gasteiger partial charge in [0, 0.05) is 25.0 Å². The molecule has 0 bridgehead atoms. The second-order valence-corrected chi connectivity index (χ2v) is 6.26. The smallest absolute Gasteiger partial charge is 0.231 e. The van der Waals surface area contributed by atoms with Crippen LogP contribution in [0.3, 0.4) is 0 Å². The molecule has 1 saturated heterocycles. The molecule has 1 aliphatic rings. The van der Waals surface area contributed by atoms with Crippen molar-refractivity contribution in [1.29, 1.82) is 0 Å². The third kappa shape index (κ3) is 2.48. The van der Waals surface area contributed by atoms with Gasteiger partial charge in [-0.3, -0.25) is 9.59 Å². The molecule has 0 spiro atoms. The maximum atomic E-state index is 12.1. The van der Waals surface area contributed by atoms with Crippen molar-refractivity contribution in [1.82, 2.24) is 9.88 Å². The van der Waals surface area contributed by atoms with Gasteiger partial charge >= 0.3 is 0 Å². The van der Waals surface area contributed by atoms with Gasteiger partial charge in [-0.2, -0.15) is 0 Å². The van der Waals surface area contributed by atoms with Crippen molar-refractivity contribution in [3.05, 3.63) is 23.2 Å². The van der Waals surface area contributed by atoms with E-state index in [0.29, 0.717) is 16.7 Å². The first-order chi connectivity index (χ1) is 9.52. The highest BCUT2D eigenvalue weighted by Crippen LogP contribution is 2.28. The Bertz CT molecular complexity index is 700. The van der Waals surface area contributed by atoms with E-state index in [9.17, 15) is 9.59 Å². The monoisotopic (exact) mass is 309 g/mol. The fraction of sp³-hybridized carbons (Fsp3) is 0.308. The minimum atomic E-state index is -0.303. The van der Waals surface area contributed by atoms with Crippen LogP contribution < -0.4 is 5.32 Å². The molecule has 1 aromatic carbocycles. The summed E-state index contributed by atoms with van der Waals surface area (Å²) in [6, 6.07) is 5.42. The zero-order valence-electron chi connectivity index (χ0n) is 10.7. The molecule has 2 amide bonds. The number of rotatable bonds is 2. The topological polar surface area (TPSA) is 62.3 Å². The van der Waals surface area contributed by atoms with Crippen molar-refractivity contribution >= 4 is 50.1 Å². The lowest BCUT2D eigenvalue weighted by atomic mass is 10.1. The van der Waals surface area contributed by atoms with Gasteiger partial charge in [-0.05, 0) is 18.2 Å². The number of hydrogen-bond donors (Lipinski definition) is 1. The maximum absolute atomic E-state index is 12.1. The van der Waals surface area contributed by atoms with Crippen molar-refractivity contribution < 1.29 is 9.59 Å². The molecule has 1 N–H and O–H groups in total. The van der Waals surface area contributed by atoms with Crippen molar-refractivity contribution in [3.8, 4) is 0 Å². The van der Waals surface area contributed by atoms with Crippen LogP contribution in [0.15, 0.2) is 18.2 Å². The Kier molecular flexibility index (Phi) is 3.35. The number of aromatic nitrogens is 1. The average Bonchev–Trinajstić information content (AvgIpc) is 2.93. The molecule has 1 fully saturated rings. The number of carbonyl (C=O) groups is 2. The fourth-order valence-electron chi connectivity index (χ4n) is 2.20. The first kappa shape index (κ1) is 13.3. The number of benzene rings is 1. The molecule has 5 nitrogen and oxygen atoms in total. The zero-order valence-corrected chi connectivity index (χ0v) is 12.3. The third-order valence-electron chi connectivity index (χ3n) is 3.29. The van der Waals surface area contributed by atoms with Crippen LogP contribution in [-0.2, 0) is 9.59 Å². The minimum absolute atomic E-state index is 0.00114. The highest BCUT2D eigenvalue weighted by molar-refractivity contribution is 7.22. The van der Waals surface area contributed by atoms with Crippen molar-refractivity contribution in [2.24, 2.45) is 5.92 Å². The molecule has 2 aromatic rings. The Balaban J connectivity index is 1.76. The maximum Gasteiger partial charge on any atom is 0.231 e. The van der Waals surface area contributed by atoms with Crippen LogP contribution >= 0.6 is 22.9 Å². The van der Waals surface area contributed by atoms with Crippen LogP contribution in [0.25, 0.3) is 10.2 Å². The molecular weight excluding hydrogens is 298 g/mol. The number of nitrogens with zero attached hydrogens (tertiary/aromatic N) is 2. The van der Waals surface area contributed by atoms with Gasteiger partial charge in [0.15, 0.2) is 5.13 Å². The van der Waals surface area contributed by atoms with E-state index in [2.05, 4.69) is 10.3 Å². The van der Waals surface area contributed by atoms with Gasteiger partial charge in [-0.1, -0.05) is 22.9 Å². The molecule has 1 aromatic heterocycles. The van der Waals surface area contributed by atoms with Gasteiger partial charge in [0.2, 0.25) is 11.8 Å². The molecule has 7 heteroatoms. The van der Waals surface area contributed by atoms with Crippen molar-refractivity contribution in [2.45, 2.75) is 6.42 Å². The highest BCUT2D eigenvalue weighted by atomic mass is 35.5. The van der Waals surface area contributed by atoms with Gasteiger partial charge in [0.05, 0.1) is 16.1 Å². The van der Waals surface area contributed by atoms with Crippen molar-refractivity contribution in [2.75, 3.05) is 18.9 Å². The largest absolute Gasteiger partial charge is 0.345 e. The molecule has 0 aliphatic carbocycles. The van der Waals surface area contributed by atoms with Crippen LogP contribution in [0.5, 0.6) is 0 Å². The Hall–Kier alpha value is -1.66. The standard InChI is InChI=1S/C13H12ClN3O2S/c1-17-6-7(4-11(17)18)12(19)16-13-15-9-5-8(14)2-3-10(9)20-13/h2-3,5,7H,4,6H2,1H3,(H,15,16,19). The van der Waals surface area contributed by atoms with Crippen LogP contribution in [0, 0.1) is 5.92 Å². The first-order valence-corrected chi connectivity index (χ1v) is 7.33. The van der Waals surface area contributed by atoms with Gasteiger partial charge in [0.25, 0.3) is 0 Å². The average molecular weight is 310 g/mol. The number of carbonyl (C=O) groups excluding carboxylic acids is 2. The van der Waals surface area contributed by atoms with E-state index in [1.165, 1.54) is 11.3 Å². The number of amides is 2. The minimum Gasteiger partial charge on any atom is -0.345 e. The van der Waals surface area contributed by atoms with Crippen molar-refractivity contribution in [3.63, 3.8) is 0 Å². The number of nitrogens with one attached hydrogen (secondary N) is 1. The first-order valence-electron chi connectivity index (χ1n) is 6.14. The number of hydrogen-bond acceptors (Lipinski definition) is 4. The van der Waals surface area contributed by atoms with E-state index in [1.54, 1.807) is 24.1 Å². The molecule has 0 saturated carbocycles. The quantitative estimate of drug-likeness (QED) is 0.926. The summed E-state index contributed by atoms with van der Waals surface area (Å²) in [5.74, 6) is -0.461. The van der Waals surface area contributed by atoms with E-state index in [-0.39, 0.29) is 24.2 Å². The summed E-state index contributed by atoms with van der Waals surface area (Å²) in [4.78, 5) is 29.4. The van der Waals surface area contributed by atoms with E-state index >= 15 is 0 Å². The Morgan fingerprint density at radius 1 is 1.55 bits per heavy atom. The van der Waals surface area contributed by atoms with Crippen LogP contribution in [0.1, 0.15) is 6.42 Å². The predicted molar refractivity (Wildman–Crippen MR) is 79.0 cm³/mol. The van der Waals surface area contributed by atoms with E-state index in [1.807, 2.05) is 6.07 Å². The summed E-state index contributed by atoms with van der Waals surface area (Å²) >= 11 is 7.30. The lowest BCUT2D eigenvalue weighted by molar-refractivity contribution is -0.127. The zero-order chi connectivity index (χ0) is 14.3. The Morgan fingerprint density at radius 2 is 2.35 bits per heavy atom. The second kappa shape index (κ2) is 5.03. The molecule has 104 valence electrons. The number of halogens is 1. The molecule has 3 rings (SSSR count). The Labute approximate surface area is 124 Å². The van der Waals surface area contributed by atoms with E-state index < -0.39 is 0 Å². The number of likely N-dealkylation sites (tertiary alicyclic amines) is 1. The SMILES string of the molecule is CN1CC(C(=O)Nc2nc3cc(Cl)ccc3s2)CC1=O. The molecular formula is C13H12ClN3O2S. The van der Waals surface area contributed by atoms with Crippen LogP contribution in [0.4, 0.5) is 5.13 Å². The van der Waals surface area contributed by atoms with Gasteiger partial charge < -0.3 is 10.2 Å². The fourth-order valence-corrected chi connectivity index (χ4v) is 3.22. The molecule has 1 aliphatic heterocycles. The third-order valence-corrected chi connectivity index (χ3v) is 4.48. The Morgan fingerprint density at radius 3 is 3.05 bits per heavy atom. The normalized spacial score (nSPS) is 18.8. The summed E-state index contributed by atoms with van der Waals surface area (Å²) in [5, 5.41) is 3.93. The molecule has 1 unspecified atom stereocenters. The van der Waals surface area contributed by atoms with Crippen LogP contribution in [0.2, 0.25) is 5.02 Å². The summed E-state index contributed by atoms with van der Waals surface area (Å²) in [6.07, 6.45) is 0.263. The van der Waals surface area contributed by atoms with Crippen LogP contribution in [-0.4, -0.2) is 35.3 Å². The second-order valence-electron chi connectivity index (χ2n) is 4.80. The predicted octanol–water partition coefficient (Wildman–Crippen LogP) is 2.37. The van der Waals surface area contributed by atoms with Gasteiger partial charge in [-0.25, -0.2) is 4.98 Å². The summed E-state index contributed by atoms with van der Waals surface area (Å²) < 4.78 is 0.962. The number of anilines is 1. The lowest BCUT2D eigenvalue weighted by Gasteiger charge is -2.09. The van der Waals surface area contributed by atoms with Gasteiger partial charge in [0.1, 0.15) is 0 Å². The number of thiazole rings is 1. The number of fused-ring (bicyclic) bond motifs is 1. The van der Waals surface area contributed by atoms with E-state index in [4.69, 9.17) is 11.6 Å². The van der Waals surface area contributed by atoms with E-state index in [0.717, 1.165) is 10.2 Å². The summed E-state index contributed by atoms with van der Waals surface area (Å²) in [6.45, 7) is 0.460. The van der Waals surface area contributed by atoms with Gasteiger partial charge in [-0.15, -0.1) is 0 Å². The molecule has 2 heterocycles. The molecule has 20 heavy (non-hydrogen) atoms. The molecule has 1 atom stereocenters. The highest BCUT2D eigenvalue weighted by Gasteiger charge is 2.32. The molecule has 0 radical (unpaired) electrons. The summed E-state index contributed by atoms with van der Waals surface area (Å²) in [5.41, 5.74) is 0.761. The summed E-state index contributed by atoms with van der Waals surface area (Å²) in [7, 11) is 1.70.